The van der Waals surface area contributed by atoms with Crippen molar-refractivity contribution in [1.29, 1.82) is 5.26 Å². The molecule has 0 aliphatic rings. The lowest BCUT2D eigenvalue weighted by atomic mass is 9.93. The van der Waals surface area contributed by atoms with Crippen molar-refractivity contribution in [2.45, 2.75) is 38.4 Å². The molecule has 0 saturated carbocycles. The van der Waals surface area contributed by atoms with Crippen molar-refractivity contribution in [1.82, 2.24) is 0 Å². The Balaban J connectivity index is 3.11. The van der Waals surface area contributed by atoms with E-state index in [-0.39, 0.29) is 12.2 Å². The number of nitrogens with one attached hydrogen (secondary N) is 1. The molecule has 0 radical (unpaired) electrons. The Morgan fingerprint density at radius 3 is 2.45 bits per heavy atom. The molecule has 1 rings (SSSR count). The third kappa shape index (κ3) is 3.87. The molecule has 20 heavy (non-hydrogen) atoms. The van der Waals surface area contributed by atoms with Gasteiger partial charge in [0.1, 0.15) is 6.07 Å². The maximum atomic E-state index is 12.6. The number of hydrogen-bond acceptors (Lipinski definition) is 3. The van der Waals surface area contributed by atoms with E-state index in [1.807, 2.05) is 13.8 Å². The standard InChI is InChI=1S/C14H17F3N2O/c1-3-13(2,6-7-20)19-12-5-4-11(14(15,16)17)8-10(12)9-18/h4-5,8,19-20H,3,6-7H2,1-2H3. The van der Waals surface area contributed by atoms with E-state index in [1.54, 1.807) is 6.07 Å². The number of aliphatic hydroxyl groups excluding tert-OH is 1. The average molecular weight is 286 g/mol. The second-order valence-corrected chi connectivity index (χ2v) is 4.88. The normalized spacial score (nSPS) is 14.4. The van der Waals surface area contributed by atoms with Gasteiger partial charge in [-0.1, -0.05) is 6.92 Å². The summed E-state index contributed by atoms with van der Waals surface area (Å²) in [7, 11) is 0. The van der Waals surface area contributed by atoms with Crippen LogP contribution in [0.25, 0.3) is 0 Å². The molecule has 3 nitrogen and oxygen atoms in total. The summed E-state index contributed by atoms with van der Waals surface area (Å²) >= 11 is 0. The van der Waals surface area contributed by atoms with Crippen molar-refractivity contribution in [3.05, 3.63) is 29.3 Å². The number of halogens is 3. The van der Waals surface area contributed by atoms with Crippen LogP contribution in [-0.2, 0) is 6.18 Å². The molecule has 0 aromatic heterocycles. The van der Waals surface area contributed by atoms with Crippen molar-refractivity contribution >= 4 is 5.69 Å². The number of anilines is 1. The van der Waals surface area contributed by atoms with Gasteiger partial charge in [0.25, 0.3) is 0 Å². The number of rotatable bonds is 5. The molecule has 0 amide bonds. The summed E-state index contributed by atoms with van der Waals surface area (Å²) in [6.45, 7) is 3.71. The van der Waals surface area contributed by atoms with Gasteiger partial charge in [0.15, 0.2) is 0 Å². The zero-order valence-corrected chi connectivity index (χ0v) is 11.4. The molecule has 0 fully saturated rings. The van der Waals surface area contributed by atoms with Crippen LogP contribution in [0.15, 0.2) is 18.2 Å². The van der Waals surface area contributed by atoms with Gasteiger partial charge in [-0.3, -0.25) is 0 Å². The molecule has 110 valence electrons. The zero-order valence-electron chi connectivity index (χ0n) is 11.4. The van der Waals surface area contributed by atoms with Gasteiger partial charge in [0.05, 0.1) is 16.8 Å². The van der Waals surface area contributed by atoms with Gasteiger partial charge in [-0.25, -0.2) is 0 Å². The van der Waals surface area contributed by atoms with Crippen LogP contribution in [0.5, 0.6) is 0 Å². The predicted octanol–water partition coefficient (Wildman–Crippen LogP) is 3.54. The Bertz CT molecular complexity index is 508. The fourth-order valence-electron chi connectivity index (χ4n) is 1.82. The van der Waals surface area contributed by atoms with Gasteiger partial charge in [0, 0.05) is 12.1 Å². The smallest absolute Gasteiger partial charge is 0.396 e. The minimum absolute atomic E-state index is 0.0418. The molecule has 0 spiro atoms. The van der Waals surface area contributed by atoms with E-state index in [2.05, 4.69) is 5.32 Å². The minimum atomic E-state index is -4.47. The maximum Gasteiger partial charge on any atom is 0.416 e. The van der Waals surface area contributed by atoms with Gasteiger partial charge in [-0.2, -0.15) is 18.4 Å². The lowest BCUT2D eigenvalue weighted by molar-refractivity contribution is -0.137. The Kier molecular flexibility index (Phi) is 5.01. The van der Waals surface area contributed by atoms with Crippen LogP contribution in [0.2, 0.25) is 0 Å². The number of nitriles is 1. The minimum Gasteiger partial charge on any atom is -0.396 e. The van der Waals surface area contributed by atoms with Crippen molar-refractivity contribution in [2.24, 2.45) is 0 Å². The molecule has 6 heteroatoms. The van der Waals surface area contributed by atoms with Gasteiger partial charge < -0.3 is 10.4 Å². The highest BCUT2D eigenvalue weighted by atomic mass is 19.4. The van der Waals surface area contributed by atoms with Crippen LogP contribution in [0.3, 0.4) is 0 Å². The Labute approximate surface area is 116 Å². The molecule has 0 aliphatic carbocycles. The van der Waals surface area contributed by atoms with Crippen molar-refractivity contribution in [3.8, 4) is 6.07 Å². The summed E-state index contributed by atoms with van der Waals surface area (Å²) in [5.41, 5.74) is -1.03. The van der Waals surface area contributed by atoms with Gasteiger partial charge in [-0.05, 0) is 38.0 Å². The summed E-state index contributed by atoms with van der Waals surface area (Å²) in [5.74, 6) is 0. The molecule has 1 atom stereocenters. The lowest BCUT2D eigenvalue weighted by Gasteiger charge is -2.30. The molecule has 0 aliphatic heterocycles. The highest BCUT2D eigenvalue weighted by molar-refractivity contribution is 5.60. The maximum absolute atomic E-state index is 12.6. The molecule has 1 aromatic rings. The van der Waals surface area contributed by atoms with Crippen molar-refractivity contribution in [3.63, 3.8) is 0 Å². The van der Waals surface area contributed by atoms with Gasteiger partial charge in [0.2, 0.25) is 0 Å². The Morgan fingerprint density at radius 1 is 1.35 bits per heavy atom. The van der Waals surface area contributed by atoms with E-state index in [9.17, 15) is 13.2 Å². The van der Waals surface area contributed by atoms with E-state index in [1.165, 1.54) is 6.07 Å². The van der Waals surface area contributed by atoms with Crippen LogP contribution >= 0.6 is 0 Å². The van der Waals surface area contributed by atoms with Crippen molar-refractivity contribution in [2.75, 3.05) is 11.9 Å². The van der Waals surface area contributed by atoms with Crippen LogP contribution in [0.4, 0.5) is 18.9 Å². The summed E-state index contributed by atoms with van der Waals surface area (Å²) in [5, 5.41) is 21.1. The molecule has 1 aromatic carbocycles. The van der Waals surface area contributed by atoms with Crippen LogP contribution in [0, 0.1) is 11.3 Å². The summed E-state index contributed by atoms with van der Waals surface area (Å²) in [6, 6.07) is 4.80. The SMILES string of the molecule is CCC(C)(CCO)Nc1ccc(C(F)(F)F)cc1C#N. The molecule has 2 N–H and O–H groups in total. The molecule has 0 heterocycles. The quantitative estimate of drug-likeness (QED) is 0.870. The van der Waals surface area contributed by atoms with Crippen molar-refractivity contribution < 1.29 is 18.3 Å². The Morgan fingerprint density at radius 2 is 2.00 bits per heavy atom. The predicted molar refractivity (Wildman–Crippen MR) is 70.2 cm³/mol. The first-order valence-electron chi connectivity index (χ1n) is 6.26. The van der Waals surface area contributed by atoms with E-state index < -0.39 is 17.3 Å². The monoisotopic (exact) mass is 286 g/mol. The number of alkyl halides is 3. The Hall–Kier alpha value is -1.74. The summed E-state index contributed by atoms with van der Waals surface area (Å²) in [4.78, 5) is 0. The third-order valence-electron chi connectivity index (χ3n) is 3.35. The molecular formula is C14H17F3N2O. The average Bonchev–Trinajstić information content (AvgIpc) is 2.38. The van der Waals surface area contributed by atoms with E-state index >= 15 is 0 Å². The van der Waals surface area contributed by atoms with E-state index in [0.717, 1.165) is 12.1 Å². The van der Waals surface area contributed by atoms with E-state index in [0.29, 0.717) is 18.5 Å². The summed E-state index contributed by atoms with van der Waals surface area (Å²) < 4.78 is 37.8. The van der Waals surface area contributed by atoms with Crippen LogP contribution in [0.1, 0.15) is 37.8 Å². The summed E-state index contributed by atoms with van der Waals surface area (Å²) in [6.07, 6.45) is -3.36. The van der Waals surface area contributed by atoms with Crippen LogP contribution in [-0.4, -0.2) is 17.3 Å². The first-order chi connectivity index (χ1) is 9.25. The first-order valence-corrected chi connectivity index (χ1v) is 6.26. The molecule has 0 saturated heterocycles. The molecule has 1 unspecified atom stereocenters. The highest BCUT2D eigenvalue weighted by Gasteiger charge is 2.31. The molecule has 0 bridgehead atoms. The number of benzene rings is 1. The topological polar surface area (TPSA) is 56.0 Å². The zero-order chi connectivity index (χ0) is 15.4. The van der Waals surface area contributed by atoms with Gasteiger partial charge >= 0.3 is 6.18 Å². The number of nitrogens with zero attached hydrogens (tertiary/aromatic N) is 1. The van der Waals surface area contributed by atoms with E-state index in [4.69, 9.17) is 10.4 Å². The number of hydrogen-bond donors (Lipinski definition) is 2. The highest BCUT2D eigenvalue weighted by Crippen LogP contribution is 2.33. The first kappa shape index (κ1) is 16.3. The number of aliphatic hydroxyl groups is 1. The lowest BCUT2D eigenvalue weighted by Crippen LogP contribution is -2.35. The third-order valence-corrected chi connectivity index (χ3v) is 3.35. The van der Waals surface area contributed by atoms with Gasteiger partial charge in [-0.15, -0.1) is 0 Å². The fourth-order valence-corrected chi connectivity index (χ4v) is 1.82. The fraction of sp³-hybridized carbons (Fsp3) is 0.500. The van der Waals surface area contributed by atoms with Crippen LogP contribution < -0.4 is 5.32 Å². The molecular weight excluding hydrogens is 269 g/mol. The second kappa shape index (κ2) is 6.14. The largest absolute Gasteiger partial charge is 0.416 e. The second-order valence-electron chi connectivity index (χ2n) is 4.88.